The van der Waals surface area contributed by atoms with E-state index in [2.05, 4.69) is 20.4 Å². The topological polar surface area (TPSA) is 101 Å². The molecule has 2 aromatic heterocycles. The van der Waals surface area contributed by atoms with Crippen molar-refractivity contribution in [1.82, 2.24) is 19.6 Å². The van der Waals surface area contributed by atoms with Crippen LogP contribution < -0.4 is 15.6 Å². The Hall–Kier alpha value is -3.65. The molecule has 0 saturated heterocycles. The first kappa shape index (κ1) is 18.7. The third-order valence-corrected chi connectivity index (χ3v) is 4.37. The molecule has 0 unspecified atom stereocenters. The van der Waals surface area contributed by atoms with Gasteiger partial charge >= 0.3 is 0 Å². The van der Waals surface area contributed by atoms with Crippen LogP contribution in [0.4, 0.5) is 5.82 Å². The van der Waals surface area contributed by atoms with Gasteiger partial charge in [-0.25, -0.2) is 0 Å². The Kier molecular flexibility index (Phi) is 5.01. The zero-order valence-electron chi connectivity index (χ0n) is 15.3. The van der Waals surface area contributed by atoms with E-state index in [4.69, 9.17) is 16.3 Å². The second-order valence-electron chi connectivity index (χ2n) is 6.26. The van der Waals surface area contributed by atoms with Gasteiger partial charge in [0.1, 0.15) is 11.6 Å². The summed E-state index contributed by atoms with van der Waals surface area (Å²) in [5.74, 6) is 0.910. The normalized spacial score (nSPS) is 11.9. The number of carbonyl (C=O) groups excluding carboxylic acids is 1. The zero-order valence-corrected chi connectivity index (χ0v) is 16.1. The van der Waals surface area contributed by atoms with E-state index in [0.717, 1.165) is 5.56 Å². The molecule has 0 fully saturated rings. The SMILES string of the molecule is C[C@H](Oc1ccccc1)C(=O)Nc1cc(=O)[nH]c2nc(-c3ccc(Cl)cc3)nn12. The fourth-order valence-corrected chi connectivity index (χ4v) is 2.81. The summed E-state index contributed by atoms with van der Waals surface area (Å²) in [6.45, 7) is 1.62. The number of amides is 1. The third kappa shape index (κ3) is 4.12. The van der Waals surface area contributed by atoms with Crippen molar-refractivity contribution in [2.75, 3.05) is 5.32 Å². The summed E-state index contributed by atoms with van der Waals surface area (Å²) >= 11 is 5.92. The highest BCUT2D eigenvalue weighted by molar-refractivity contribution is 6.30. The maximum atomic E-state index is 12.6. The van der Waals surface area contributed by atoms with Crippen LogP contribution in [0.3, 0.4) is 0 Å². The lowest BCUT2D eigenvalue weighted by molar-refractivity contribution is -0.122. The quantitative estimate of drug-likeness (QED) is 0.527. The van der Waals surface area contributed by atoms with Crippen molar-refractivity contribution >= 4 is 29.1 Å². The van der Waals surface area contributed by atoms with Crippen molar-refractivity contribution in [3.8, 4) is 17.1 Å². The third-order valence-electron chi connectivity index (χ3n) is 4.12. The van der Waals surface area contributed by atoms with E-state index in [1.807, 2.05) is 18.2 Å². The van der Waals surface area contributed by atoms with Crippen molar-refractivity contribution in [3.05, 3.63) is 76.0 Å². The van der Waals surface area contributed by atoms with Gasteiger partial charge in [0.05, 0.1) is 0 Å². The number of anilines is 1. The first-order valence-electron chi connectivity index (χ1n) is 8.78. The van der Waals surface area contributed by atoms with Crippen LogP contribution in [-0.4, -0.2) is 31.6 Å². The van der Waals surface area contributed by atoms with Gasteiger partial charge in [-0.05, 0) is 43.3 Å². The number of rotatable bonds is 5. The molecule has 4 rings (SSSR count). The molecule has 0 bridgehead atoms. The van der Waals surface area contributed by atoms with E-state index >= 15 is 0 Å². The average Bonchev–Trinajstić information content (AvgIpc) is 3.13. The minimum atomic E-state index is -0.786. The number of ether oxygens (including phenoxy) is 1. The number of hydrogen-bond acceptors (Lipinski definition) is 5. The molecule has 9 heteroatoms. The lowest BCUT2D eigenvalue weighted by Gasteiger charge is -2.14. The number of benzene rings is 2. The number of H-pyrrole nitrogens is 1. The van der Waals surface area contributed by atoms with Gasteiger partial charge < -0.3 is 10.1 Å². The van der Waals surface area contributed by atoms with Crippen molar-refractivity contribution in [2.45, 2.75) is 13.0 Å². The molecule has 2 aromatic carbocycles. The molecule has 1 amide bonds. The lowest BCUT2D eigenvalue weighted by Crippen LogP contribution is -2.31. The number of nitrogens with zero attached hydrogens (tertiary/aromatic N) is 3. The number of nitrogens with one attached hydrogen (secondary N) is 2. The Morgan fingerprint density at radius 2 is 1.90 bits per heavy atom. The molecule has 1 atom stereocenters. The van der Waals surface area contributed by atoms with Crippen molar-refractivity contribution in [2.24, 2.45) is 0 Å². The number of aromatic nitrogens is 4. The number of aromatic amines is 1. The molecule has 0 radical (unpaired) electrons. The molecular weight excluding hydrogens is 394 g/mol. The summed E-state index contributed by atoms with van der Waals surface area (Å²) in [5.41, 5.74) is 0.302. The van der Waals surface area contributed by atoms with Gasteiger partial charge in [0.2, 0.25) is 5.78 Å². The van der Waals surface area contributed by atoms with Crippen molar-refractivity contribution in [1.29, 1.82) is 0 Å². The molecule has 4 aromatic rings. The highest BCUT2D eigenvalue weighted by atomic mass is 35.5. The van der Waals surface area contributed by atoms with Gasteiger partial charge in [0, 0.05) is 16.7 Å². The van der Waals surface area contributed by atoms with E-state index < -0.39 is 17.6 Å². The number of halogens is 1. The highest BCUT2D eigenvalue weighted by Gasteiger charge is 2.18. The second-order valence-corrected chi connectivity index (χ2v) is 6.70. The molecule has 0 aliphatic heterocycles. The monoisotopic (exact) mass is 409 g/mol. The van der Waals surface area contributed by atoms with Crippen LogP contribution in [0, 0.1) is 0 Å². The van der Waals surface area contributed by atoms with Crippen LogP contribution in [0.2, 0.25) is 5.02 Å². The Bertz CT molecular complexity index is 1220. The molecule has 29 heavy (non-hydrogen) atoms. The Morgan fingerprint density at radius 1 is 1.17 bits per heavy atom. The fourth-order valence-electron chi connectivity index (χ4n) is 2.69. The predicted molar refractivity (Wildman–Crippen MR) is 109 cm³/mol. The van der Waals surface area contributed by atoms with Crippen LogP contribution in [0.15, 0.2) is 65.5 Å². The van der Waals surface area contributed by atoms with Gasteiger partial charge in [0.15, 0.2) is 11.9 Å². The fraction of sp³-hybridized carbons (Fsp3) is 0.100. The minimum Gasteiger partial charge on any atom is -0.481 e. The molecule has 2 N–H and O–H groups in total. The molecule has 0 spiro atoms. The summed E-state index contributed by atoms with van der Waals surface area (Å²) in [4.78, 5) is 31.5. The zero-order chi connectivity index (χ0) is 20.4. The summed E-state index contributed by atoms with van der Waals surface area (Å²) in [6, 6.07) is 17.2. The maximum absolute atomic E-state index is 12.6. The van der Waals surface area contributed by atoms with Gasteiger partial charge in [-0.3, -0.25) is 14.6 Å². The summed E-state index contributed by atoms with van der Waals surface area (Å²) < 4.78 is 6.98. The number of fused-ring (bicyclic) bond motifs is 1. The van der Waals surface area contributed by atoms with Crippen LogP contribution >= 0.6 is 11.6 Å². The van der Waals surface area contributed by atoms with Gasteiger partial charge in [-0.2, -0.15) is 9.50 Å². The van der Waals surface area contributed by atoms with E-state index in [0.29, 0.717) is 16.6 Å². The molecule has 0 aliphatic rings. The van der Waals surface area contributed by atoms with E-state index in [9.17, 15) is 9.59 Å². The van der Waals surface area contributed by atoms with E-state index in [-0.39, 0.29) is 11.6 Å². The maximum Gasteiger partial charge on any atom is 0.266 e. The molecule has 0 aliphatic carbocycles. The van der Waals surface area contributed by atoms with Crippen LogP contribution in [0.5, 0.6) is 5.75 Å². The van der Waals surface area contributed by atoms with Gasteiger partial charge in [-0.15, -0.1) is 5.10 Å². The standard InChI is InChI=1S/C20H16ClN5O3/c1-12(29-15-5-3-2-4-6-15)19(28)22-16-11-17(27)23-20-24-18(25-26(16)20)13-7-9-14(21)10-8-13/h2-12H,1H3,(H,22,28)(H,23,24,25,27)/t12-/m0/s1. The number of para-hydroxylation sites is 1. The minimum absolute atomic E-state index is 0.185. The van der Waals surface area contributed by atoms with Crippen LogP contribution in [0.1, 0.15) is 6.92 Å². The highest BCUT2D eigenvalue weighted by Crippen LogP contribution is 2.20. The van der Waals surface area contributed by atoms with Crippen molar-refractivity contribution in [3.63, 3.8) is 0 Å². The van der Waals surface area contributed by atoms with Gasteiger partial charge in [0.25, 0.3) is 11.5 Å². The number of hydrogen-bond donors (Lipinski definition) is 2. The molecule has 146 valence electrons. The smallest absolute Gasteiger partial charge is 0.266 e. The number of carbonyl (C=O) groups is 1. The largest absolute Gasteiger partial charge is 0.481 e. The average molecular weight is 410 g/mol. The molecule has 8 nitrogen and oxygen atoms in total. The van der Waals surface area contributed by atoms with Crippen LogP contribution in [-0.2, 0) is 4.79 Å². The lowest BCUT2D eigenvalue weighted by atomic mass is 10.2. The molecular formula is C20H16ClN5O3. The summed E-state index contributed by atoms with van der Waals surface area (Å²) in [7, 11) is 0. The van der Waals surface area contributed by atoms with Gasteiger partial charge in [-0.1, -0.05) is 29.8 Å². The van der Waals surface area contributed by atoms with E-state index in [1.165, 1.54) is 10.6 Å². The van der Waals surface area contributed by atoms with Crippen LogP contribution in [0.25, 0.3) is 17.2 Å². The summed E-state index contributed by atoms with van der Waals surface area (Å²) in [6.07, 6.45) is -0.786. The Balaban J connectivity index is 1.62. The van der Waals surface area contributed by atoms with Crippen molar-refractivity contribution < 1.29 is 9.53 Å². The first-order chi connectivity index (χ1) is 14.0. The molecule has 2 heterocycles. The second kappa shape index (κ2) is 7.76. The predicted octanol–water partition coefficient (Wildman–Crippen LogP) is 3.14. The Labute approximate surface area is 170 Å². The Morgan fingerprint density at radius 3 is 2.62 bits per heavy atom. The first-order valence-corrected chi connectivity index (χ1v) is 9.16. The van der Waals surface area contributed by atoms with E-state index in [1.54, 1.807) is 43.3 Å². The molecule has 0 saturated carbocycles. The summed E-state index contributed by atoms with van der Waals surface area (Å²) in [5, 5.41) is 7.65.